The van der Waals surface area contributed by atoms with Crippen molar-refractivity contribution in [2.45, 2.75) is 12.8 Å². The van der Waals surface area contributed by atoms with Crippen LogP contribution in [0.25, 0.3) is 10.6 Å². The molecule has 28 heavy (non-hydrogen) atoms. The molecule has 2 aromatic heterocycles. The van der Waals surface area contributed by atoms with Gasteiger partial charge in [-0.05, 0) is 31.5 Å². The number of nitrogens with zero attached hydrogens (tertiary/aromatic N) is 2. The number of carbonyl (C=O) groups excluding carboxylic acids is 1. The van der Waals surface area contributed by atoms with Crippen molar-refractivity contribution in [1.29, 1.82) is 0 Å². The molecular formula is C19H18F2N4O2S. The Labute approximate surface area is 164 Å². The minimum Gasteiger partial charge on any atom is -0.491 e. The van der Waals surface area contributed by atoms with E-state index in [1.165, 1.54) is 17.6 Å². The number of nitrogens with one attached hydrogen (secondary N) is 1. The van der Waals surface area contributed by atoms with E-state index >= 15 is 0 Å². The number of benzene rings is 1. The summed E-state index contributed by atoms with van der Waals surface area (Å²) < 4.78 is 33.5. The maximum atomic E-state index is 13.9. The predicted octanol–water partition coefficient (Wildman–Crippen LogP) is 3.85. The number of rotatable bonds is 8. The molecule has 3 rings (SSSR count). The molecule has 3 N–H and O–H groups in total. The van der Waals surface area contributed by atoms with Crippen molar-refractivity contribution < 1.29 is 18.3 Å². The smallest absolute Gasteiger partial charge is 0.275 e. The summed E-state index contributed by atoms with van der Waals surface area (Å²) in [5.41, 5.74) is 5.63. The Morgan fingerprint density at radius 2 is 2.00 bits per heavy atom. The second-order valence-electron chi connectivity index (χ2n) is 5.80. The van der Waals surface area contributed by atoms with Gasteiger partial charge < -0.3 is 15.8 Å². The van der Waals surface area contributed by atoms with Crippen LogP contribution in [0.1, 0.15) is 23.3 Å². The minimum absolute atomic E-state index is 0.0422. The largest absolute Gasteiger partial charge is 0.491 e. The fourth-order valence-electron chi connectivity index (χ4n) is 2.41. The Morgan fingerprint density at radius 3 is 2.75 bits per heavy atom. The van der Waals surface area contributed by atoms with Crippen LogP contribution >= 0.6 is 11.3 Å². The minimum atomic E-state index is -0.735. The molecule has 0 bridgehead atoms. The summed E-state index contributed by atoms with van der Waals surface area (Å²) in [6.07, 6.45) is 4.63. The molecule has 0 spiro atoms. The summed E-state index contributed by atoms with van der Waals surface area (Å²) in [4.78, 5) is 20.5. The molecule has 0 aliphatic heterocycles. The van der Waals surface area contributed by atoms with Gasteiger partial charge in [-0.2, -0.15) is 0 Å². The number of aromatic nitrogens is 2. The van der Waals surface area contributed by atoms with Gasteiger partial charge in [0.15, 0.2) is 0 Å². The molecule has 0 unspecified atom stereocenters. The van der Waals surface area contributed by atoms with E-state index in [-0.39, 0.29) is 16.3 Å². The highest BCUT2D eigenvalue weighted by Crippen LogP contribution is 2.29. The highest BCUT2D eigenvalue weighted by molar-refractivity contribution is 7.13. The first-order valence-electron chi connectivity index (χ1n) is 8.58. The number of nitrogens with two attached hydrogens (primary N) is 1. The molecule has 146 valence electrons. The SMILES string of the molecule is NCCCCOc1ccncc1NC(=O)c1csc(-c2c(F)cccc2F)n1. The van der Waals surface area contributed by atoms with Crippen LogP contribution in [-0.4, -0.2) is 29.0 Å². The van der Waals surface area contributed by atoms with Gasteiger partial charge in [-0.25, -0.2) is 13.8 Å². The number of amides is 1. The van der Waals surface area contributed by atoms with Crippen LogP contribution in [0.5, 0.6) is 5.75 Å². The third-order valence-corrected chi connectivity index (χ3v) is 4.66. The Bertz CT molecular complexity index is 944. The molecule has 0 aliphatic carbocycles. The first kappa shape index (κ1) is 19.8. The van der Waals surface area contributed by atoms with Gasteiger partial charge in [0.05, 0.1) is 18.4 Å². The number of carbonyl (C=O) groups is 1. The van der Waals surface area contributed by atoms with Gasteiger partial charge in [0.2, 0.25) is 0 Å². The standard InChI is InChI=1S/C19H18F2N4O2S/c20-12-4-3-5-13(21)17(12)19-25-15(11-28-19)18(26)24-14-10-23-8-6-16(14)27-9-2-1-7-22/h3-6,8,10-11H,1-2,7,9,22H2,(H,24,26). The monoisotopic (exact) mass is 404 g/mol. The molecule has 2 heterocycles. The van der Waals surface area contributed by atoms with Crippen LogP contribution in [0.2, 0.25) is 0 Å². The second kappa shape index (κ2) is 9.34. The van der Waals surface area contributed by atoms with Gasteiger partial charge in [-0.3, -0.25) is 9.78 Å². The van der Waals surface area contributed by atoms with Crippen LogP contribution in [0, 0.1) is 11.6 Å². The van der Waals surface area contributed by atoms with E-state index in [1.54, 1.807) is 12.3 Å². The zero-order valence-electron chi connectivity index (χ0n) is 14.8. The average Bonchev–Trinajstić information content (AvgIpc) is 3.16. The zero-order chi connectivity index (χ0) is 19.9. The second-order valence-corrected chi connectivity index (χ2v) is 6.66. The van der Waals surface area contributed by atoms with E-state index in [2.05, 4.69) is 15.3 Å². The van der Waals surface area contributed by atoms with Crippen molar-refractivity contribution in [3.05, 3.63) is 59.4 Å². The fourth-order valence-corrected chi connectivity index (χ4v) is 3.26. The molecule has 6 nitrogen and oxygen atoms in total. The number of halogens is 2. The molecule has 0 atom stereocenters. The van der Waals surface area contributed by atoms with Crippen LogP contribution < -0.4 is 15.8 Å². The quantitative estimate of drug-likeness (QED) is 0.557. The molecule has 1 amide bonds. The Balaban J connectivity index is 1.74. The highest BCUT2D eigenvalue weighted by Gasteiger charge is 2.18. The van der Waals surface area contributed by atoms with Gasteiger partial charge in [0, 0.05) is 17.6 Å². The molecule has 0 aliphatic rings. The van der Waals surface area contributed by atoms with Crippen LogP contribution in [-0.2, 0) is 0 Å². The first-order valence-corrected chi connectivity index (χ1v) is 9.46. The lowest BCUT2D eigenvalue weighted by atomic mass is 10.2. The maximum Gasteiger partial charge on any atom is 0.275 e. The number of pyridine rings is 1. The van der Waals surface area contributed by atoms with Gasteiger partial charge in [-0.15, -0.1) is 11.3 Å². The van der Waals surface area contributed by atoms with Crippen molar-refractivity contribution in [3.8, 4) is 16.3 Å². The van der Waals surface area contributed by atoms with E-state index in [1.807, 2.05) is 0 Å². The lowest BCUT2D eigenvalue weighted by Crippen LogP contribution is -2.14. The summed E-state index contributed by atoms with van der Waals surface area (Å²) in [5, 5.41) is 4.19. The summed E-state index contributed by atoms with van der Waals surface area (Å²) in [6.45, 7) is 1.04. The van der Waals surface area contributed by atoms with Gasteiger partial charge in [-0.1, -0.05) is 6.07 Å². The molecule has 0 radical (unpaired) electrons. The zero-order valence-corrected chi connectivity index (χ0v) is 15.6. The van der Waals surface area contributed by atoms with E-state index < -0.39 is 17.5 Å². The van der Waals surface area contributed by atoms with E-state index in [4.69, 9.17) is 10.5 Å². The lowest BCUT2D eigenvalue weighted by molar-refractivity contribution is 0.102. The fraction of sp³-hybridized carbons (Fsp3) is 0.211. The maximum absolute atomic E-state index is 13.9. The lowest BCUT2D eigenvalue weighted by Gasteiger charge is -2.11. The van der Waals surface area contributed by atoms with Gasteiger partial charge >= 0.3 is 0 Å². The molecular weight excluding hydrogens is 386 g/mol. The molecule has 9 heteroatoms. The summed E-state index contributed by atoms with van der Waals surface area (Å²) in [7, 11) is 0. The van der Waals surface area contributed by atoms with E-state index in [0.717, 1.165) is 36.3 Å². The Morgan fingerprint density at radius 1 is 1.21 bits per heavy atom. The van der Waals surface area contributed by atoms with Crippen LogP contribution in [0.3, 0.4) is 0 Å². The average molecular weight is 404 g/mol. The van der Waals surface area contributed by atoms with Crippen molar-refractivity contribution in [1.82, 2.24) is 9.97 Å². The van der Waals surface area contributed by atoms with Crippen LogP contribution in [0.15, 0.2) is 42.0 Å². The van der Waals surface area contributed by atoms with Crippen molar-refractivity contribution in [2.24, 2.45) is 5.73 Å². The summed E-state index contributed by atoms with van der Waals surface area (Å²) >= 11 is 0.983. The molecule has 1 aromatic carbocycles. The van der Waals surface area contributed by atoms with Gasteiger partial charge in [0.1, 0.15) is 33.8 Å². The summed E-state index contributed by atoms with van der Waals surface area (Å²) in [5.74, 6) is -1.53. The number of thiazole rings is 1. The van der Waals surface area contributed by atoms with E-state index in [9.17, 15) is 13.6 Å². The van der Waals surface area contributed by atoms with Crippen molar-refractivity contribution >= 4 is 22.9 Å². The molecule has 0 saturated heterocycles. The van der Waals surface area contributed by atoms with Crippen LogP contribution in [0.4, 0.5) is 14.5 Å². The highest BCUT2D eigenvalue weighted by atomic mass is 32.1. The molecule has 0 saturated carbocycles. The topological polar surface area (TPSA) is 90.1 Å². The number of hydrogen-bond acceptors (Lipinski definition) is 6. The normalized spacial score (nSPS) is 10.7. The Hall–Kier alpha value is -2.91. The summed E-state index contributed by atoms with van der Waals surface area (Å²) in [6, 6.07) is 5.19. The van der Waals surface area contributed by atoms with Crippen molar-refractivity contribution in [2.75, 3.05) is 18.5 Å². The molecule has 3 aromatic rings. The first-order chi connectivity index (χ1) is 13.6. The molecule has 0 fully saturated rings. The predicted molar refractivity (Wildman–Crippen MR) is 103 cm³/mol. The number of unbranched alkanes of at least 4 members (excludes halogenated alkanes) is 1. The van der Waals surface area contributed by atoms with E-state index in [0.29, 0.717) is 24.6 Å². The van der Waals surface area contributed by atoms with Crippen molar-refractivity contribution in [3.63, 3.8) is 0 Å². The third-order valence-electron chi connectivity index (χ3n) is 3.80. The number of hydrogen-bond donors (Lipinski definition) is 2. The number of ether oxygens (including phenoxy) is 1. The van der Waals surface area contributed by atoms with Gasteiger partial charge in [0.25, 0.3) is 5.91 Å². The number of anilines is 1. The third kappa shape index (κ3) is 4.68. The Kier molecular flexibility index (Phi) is 6.62.